The fraction of sp³-hybridized carbons (Fsp3) is 0.579. The minimum atomic E-state index is -1.02. The second-order valence-electron chi connectivity index (χ2n) is 14.5. The smallest absolute Gasteiger partial charge is 0.410 e. The molecule has 4 aliphatic rings. The number of amides is 4. The van der Waals surface area contributed by atoms with Gasteiger partial charge < -0.3 is 35.0 Å². The monoisotopic (exact) mass is 689 g/mol. The maximum absolute atomic E-state index is 14.1. The predicted molar refractivity (Wildman–Crippen MR) is 188 cm³/mol. The highest BCUT2D eigenvalue weighted by Crippen LogP contribution is 2.31. The third kappa shape index (κ3) is 8.34. The van der Waals surface area contributed by atoms with Crippen molar-refractivity contribution in [3.63, 3.8) is 0 Å². The first kappa shape index (κ1) is 35.5. The SMILES string of the molecule is Cc1cc(C[C@@H](OC(=O)N2CCC(N3CCc4ccccc4NC3=O)CC2)C(=O)N2CCN(C3CCC(CC(=O)O)CC3)CC2)cc(C)c1O. The number of rotatable bonds is 8. The molecule has 3 aliphatic heterocycles. The van der Waals surface area contributed by atoms with Crippen molar-refractivity contribution in [3.8, 4) is 5.75 Å². The van der Waals surface area contributed by atoms with Gasteiger partial charge in [-0.15, -0.1) is 0 Å². The normalized spacial score (nSPS) is 22.7. The van der Waals surface area contributed by atoms with E-state index in [0.717, 1.165) is 62.0 Å². The number of para-hydroxylation sites is 1. The molecule has 2 aromatic rings. The van der Waals surface area contributed by atoms with Crippen LogP contribution in [0.4, 0.5) is 15.3 Å². The summed E-state index contributed by atoms with van der Waals surface area (Å²) in [6, 6.07) is 11.8. The van der Waals surface area contributed by atoms with Gasteiger partial charge in [0, 0.05) is 76.4 Å². The zero-order chi connectivity index (χ0) is 35.4. The number of benzene rings is 2. The van der Waals surface area contributed by atoms with E-state index in [2.05, 4.69) is 10.2 Å². The molecule has 0 aromatic heterocycles. The fourth-order valence-corrected chi connectivity index (χ4v) is 8.32. The van der Waals surface area contributed by atoms with Gasteiger partial charge >= 0.3 is 18.1 Å². The highest BCUT2D eigenvalue weighted by atomic mass is 16.6. The van der Waals surface area contributed by atoms with Gasteiger partial charge in [-0.1, -0.05) is 30.3 Å². The molecule has 1 aliphatic carbocycles. The van der Waals surface area contributed by atoms with E-state index in [0.29, 0.717) is 62.7 Å². The molecule has 3 heterocycles. The third-order valence-corrected chi connectivity index (χ3v) is 11.2. The number of phenolic OH excluding ortho intramolecular Hbond substituents is 1. The van der Waals surface area contributed by atoms with E-state index < -0.39 is 18.2 Å². The summed E-state index contributed by atoms with van der Waals surface area (Å²) in [6.45, 7) is 7.59. The van der Waals surface area contributed by atoms with E-state index in [1.165, 1.54) is 0 Å². The van der Waals surface area contributed by atoms with Gasteiger partial charge in [-0.05, 0) is 93.0 Å². The van der Waals surface area contributed by atoms with Gasteiger partial charge in [0.15, 0.2) is 6.10 Å². The minimum Gasteiger partial charge on any atom is -0.507 e. The lowest BCUT2D eigenvalue weighted by Crippen LogP contribution is -2.55. The molecule has 0 unspecified atom stereocenters. The second-order valence-corrected chi connectivity index (χ2v) is 14.5. The Labute approximate surface area is 294 Å². The molecule has 6 rings (SSSR count). The number of nitrogens with zero attached hydrogens (tertiary/aromatic N) is 4. The number of fused-ring (bicyclic) bond motifs is 1. The summed E-state index contributed by atoms with van der Waals surface area (Å²) in [4.78, 5) is 59.7. The van der Waals surface area contributed by atoms with Crippen molar-refractivity contribution in [2.45, 2.75) is 89.8 Å². The van der Waals surface area contributed by atoms with Gasteiger partial charge in [-0.2, -0.15) is 0 Å². The number of carboxylic acid groups (broad SMARTS) is 1. The average molecular weight is 690 g/mol. The summed E-state index contributed by atoms with van der Waals surface area (Å²) < 4.78 is 6.05. The molecule has 3 fully saturated rings. The summed E-state index contributed by atoms with van der Waals surface area (Å²) >= 11 is 0. The lowest BCUT2D eigenvalue weighted by atomic mass is 9.83. The highest BCUT2D eigenvalue weighted by molar-refractivity contribution is 5.91. The molecule has 50 heavy (non-hydrogen) atoms. The number of piperidine rings is 1. The van der Waals surface area contributed by atoms with Gasteiger partial charge in [0.1, 0.15) is 5.75 Å². The number of carboxylic acids is 1. The van der Waals surface area contributed by atoms with Gasteiger partial charge in [-0.25, -0.2) is 9.59 Å². The van der Waals surface area contributed by atoms with Crippen LogP contribution < -0.4 is 5.32 Å². The largest absolute Gasteiger partial charge is 0.507 e. The van der Waals surface area contributed by atoms with Crippen LogP contribution in [0.1, 0.15) is 67.2 Å². The second kappa shape index (κ2) is 15.7. The number of aromatic hydroxyl groups is 1. The topological polar surface area (TPSA) is 143 Å². The third-order valence-electron chi connectivity index (χ3n) is 11.2. The zero-order valence-corrected chi connectivity index (χ0v) is 29.3. The summed E-state index contributed by atoms with van der Waals surface area (Å²) in [5.41, 5.74) is 4.17. The van der Waals surface area contributed by atoms with Gasteiger partial charge in [0.05, 0.1) is 0 Å². The number of phenols is 1. The van der Waals surface area contributed by atoms with Crippen LogP contribution in [0, 0.1) is 19.8 Å². The number of hydrogen-bond acceptors (Lipinski definition) is 7. The molecule has 3 N–H and O–H groups in total. The minimum absolute atomic E-state index is 0.00254. The Balaban J connectivity index is 1.06. The number of aryl methyl sites for hydroxylation is 2. The molecular formula is C38H51N5O7. The Kier molecular flexibility index (Phi) is 11.2. The number of nitrogens with one attached hydrogen (secondary N) is 1. The molecule has 0 radical (unpaired) electrons. The van der Waals surface area contributed by atoms with Crippen molar-refractivity contribution in [1.82, 2.24) is 19.6 Å². The van der Waals surface area contributed by atoms with Crippen LogP contribution >= 0.6 is 0 Å². The number of likely N-dealkylation sites (tertiary alicyclic amines) is 1. The Morgan fingerprint density at radius 3 is 2.18 bits per heavy atom. The van der Waals surface area contributed by atoms with Crippen LogP contribution in [0.15, 0.2) is 36.4 Å². The summed E-state index contributed by atoms with van der Waals surface area (Å²) in [5, 5.41) is 22.5. The average Bonchev–Trinajstić information content (AvgIpc) is 3.28. The van der Waals surface area contributed by atoms with Crippen molar-refractivity contribution in [3.05, 3.63) is 58.7 Å². The number of ether oxygens (including phenoxy) is 1. The summed E-state index contributed by atoms with van der Waals surface area (Å²) in [5.74, 6) is -0.494. The molecule has 2 saturated heterocycles. The zero-order valence-electron chi connectivity index (χ0n) is 29.3. The standard InChI is InChI=1S/C38H51N5O7/c1-25-21-28(22-26(2)35(25)46)23-33(36(47)41-19-17-40(18-20-41)30-9-7-27(8-10-30)24-34(44)45)50-38(49)42-14-12-31(13-15-42)43-16-11-29-5-3-4-6-32(29)39-37(43)48/h3-6,21-22,27,30-31,33,46H,7-20,23-24H2,1-2H3,(H,39,48)(H,44,45)/t27?,30?,33-/m1/s1. The van der Waals surface area contributed by atoms with E-state index in [1.807, 2.05) is 55.1 Å². The van der Waals surface area contributed by atoms with Crippen LogP contribution in [-0.2, 0) is 27.2 Å². The molecule has 12 heteroatoms. The molecule has 2 aromatic carbocycles. The molecule has 0 spiro atoms. The predicted octanol–water partition coefficient (Wildman–Crippen LogP) is 4.79. The first-order valence-corrected chi connectivity index (χ1v) is 18.2. The quantitative estimate of drug-likeness (QED) is 0.359. The van der Waals surface area contributed by atoms with Crippen molar-refractivity contribution in [2.24, 2.45) is 5.92 Å². The van der Waals surface area contributed by atoms with E-state index in [4.69, 9.17) is 9.84 Å². The van der Waals surface area contributed by atoms with Crippen LogP contribution in [0.5, 0.6) is 5.75 Å². The van der Waals surface area contributed by atoms with Crippen LogP contribution in [0.3, 0.4) is 0 Å². The van der Waals surface area contributed by atoms with Crippen LogP contribution in [0.2, 0.25) is 0 Å². The molecule has 1 atom stereocenters. The van der Waals surface area contributed by atoms with Crippen molar-refractivity contribution >= 4 is 29.7 Å². The molecule has 0 bridgehead atoms. The molecule has 12 nitrogen and oxygen atoms in total. The van der Waals surface area contributed by atoms with Crippen molar-refractivity contribution in [1.29, 1.82) is 0 Å². The number of urea groups is 1. The number of carbonyl (C=O) groups excluding carboxylic acids is 3. The van der Waals surface area contributed by atoms with E-state index in [1.54, 1.807) is 9.80 Å². The molecule has 270 valence electrons. The first-order valence-electron chi connectivity index (χ1n) is 18.2. The Hall–Kier alpha value is -4.32. The van der Waals surface area contributed by atoms with Crippen molar-refractivity contribution in [2.75, 3.05) is 51.1 Å². The van der Waals surface area contributed by atoms with Crippen LogP contribution in [0.25, 0.3) is 0 Å². The molecule has 1 saturated carbocycles. The Bertz CT molecular complexity index is 1540. The van der Waals surface area contributed by atoms with E-state index >= 15 is 0 Å². The maximum Gasteiger partial charge on any atom is 0.410 e. The highest BCUT2D eigenvalue weighted by Gasteiger charge is 2.36. The number of hydrogen-bond donors (Lipinski definition) is 3. The van der Waals surface area contributed by atoms with Crippen molar-refractivity contribution < 1.29 is 34.1 Å². The van der Waals surface area contributed by atoms with Gasteiger partial charge in [0.25, 0.3) is 5.91 Å². The summed E-state index contributed by atoms with van der Waals surface area (Å²) in [6.07, 6.45) is 4.66. The lowest BCUT2D eigenvalue weighted by molar-refractivity contribution is -0.143. The molecular weight excluding hydrogens is 638 g/mol. The van der Waals surface area contributed by atoms with Gasteiger partial charge in [-0.3, -0.25) is 14.5 Å². The Morgan fingerprint density at radius 2 is 1.52 bits per heavy atom. The molecule has 4 amide bonds. The number of piperazine rings is 1. The number of carbonyl (C=O) groups is 4. The van der Waals surface area contributed by atoms with E-state index in [9.17, 15) is 24.3 Å². The van der Waals surface area contributed by atoms with Crippen LogP contribution in [-0.4, -0.2) is 118 Å². The van der Waals surface area contributed by atoms with E-state index in [-0.39, 0.29) is 42.5 Å². The number of aliphatic carboxylic acids is 1. The first-order chi connectivity index (χ1) is 24.0. The van der Waals surface area contributed by atoms with Gasteiger partial charge in [0.2, 0.25) is 0 Å². The Morgan fingerprint density at radius 1 is 0.860 bits per heavy atom. The maximum atomic E-state index is 14.1. The fourth-order valence-electron chi connectivity index (χ4n) is 8.32. The summed E-state index contributed by atoms with van der Waals surface area (Å²) in [7, 11) is 0. The lowest BCUT2D eigenvalue weighted by Gasteiger charge is -2.42. The number of anilines is 1.